The summed E-state index contributed by atoms with van der Waals surface area (Å²) in [6.07, 6.45) is -12.2. The van der Waals surface area contributed by atoms with Crippen molar-refractivity contribution in [2.75, 3.05) is 6.61 Å². The second-order valence-corrected chi connectivity index (χ2v) is 14.5. The molecule has 5 aromatic rings. The van der Waals surface area contributed by atoms with Crippen molar-refractivity contribution < 1.29 is 129 Å². The van der Waals surface area contributed by atoms with Gasteiger partial charge in [-0.15, -0.1) is 0 Å². The van der Waals surface area contributed by atoms with Gasteiger partial charge in [0.1, 0.15) is 18.3 Å². The maximum Gasteiger partial charge on any atom is 0.342 e. The lowest BCUT2D eigenvalue weighted by molar-refractivity contribution is -0.282. The minimum atomic E-state index is -2.55. The molecule has 3 heterocycles. The lowest BCUT2D eigenvalue weighted by Crippen LogP contribution is -2.63. The lowest BCUT2D eigenvalue weighted by atomic mass is 9.91. The predicted molar refractivity (Wildman–Crippen MR) is 207 cm³/mol. The van der Waals surface area contributed by atoms with Crippen LogP contribution in [0, 0.1) is 0 Å². The SMILES string of the molecule is O=C(OC1C2OC(=O)c3cc(O)c(O)c(O)c3-c3c(cc(O)c(O)c3O)C(=O)OCC2OC2OC(=O)c3cc(O)c(O)c(O)c3-c3c(cc(O)c(O)c3O)C(=O)OC21)c1ccc(O)c(O)c1O. The molecule has 1 fully saturated rings. The van der Waals surface area contributed by atoms with Crippen LogP contribution in [0.2, 0.25) is 0 Å². The minimum absolute atomic E-state index is 0.402. The maximum atomic E-state index is 14.4. The van der Waals surface area contributed by atoms with E-state index in [2.05, 4.69) is 0 Å². The highest BCUT2D eigenvalue weighted by molar-refractivity contribution is 6.10. The Bertz CT molecular complexity index is 3030. The van der Waals surface area contributed by atoms with Crippen molar-refractivity contribution in [1.82, 2.24) is 0 Å². The van der Waals surface area contributed by atoms with Gasteiger partial charge in [0.15, 0.2) is 69.7 Å². The molecule has 26 nitrogen and oxygen atoms in total. The first-order chi connectivity index (χ1) is 31.5. The van der Waals surface area contributed by atoms with E-state index in [0.29, 0.717) is 36.4 Å². The number of cyclic esters (lactones) is 1. The molecule has 1 saturated heterocycles. The van der Waals surface area contributed by atoms with Crippen molar-refractivity contribution in [2.24, 2.45) is 0 Å². The van der Waals surface area contributed by atoms with Crippen LogP contribution in [-0.2, 0) is 28.4 Å². The molecule has 5 aromatic carbocycles. The van der Waals surface area contributed by atoms with Gasteiger partial charge < -0.3 is 105 Å². The number of phenolic OH excluding ortho intramolecular Hbond substituents is 15. The third-order valence-corrected chi connectivity index (χ3v) is 10.7. The first-order valence-electron chi connectivity index (χ1n) is 18.6. The van der Waals surface area contributed by atoms with E-state index in [4.69, 9.17) is 28.4 Å². The zero-order valence-corrected chi connectivity index (χ0v) is 32.8. The Kier molecular flexibility index (Phi) is 10.2. The molecule has 5 atom stereocenters. The van der Waals surface area contributed by atoms with Gasteiger partial charge in [0, 0.05) is 22.3 Å². The van der Waals surface area contributed by atoms with Gasteiger partial charge in [0.05, 0.1) is 22.3 Å². The second-order valence-electron chi connectivity index (χ2n) is 14.5. The Morgan fingerprint density at radius 1 is 0.448 bits per heavy atom. The van der Waals surface area contributed by atoms with Crippen LogP contribution in [0.5, 0.6) is 86.2 Å². The summed E-state index contributed by atoms with van der Waals surface area (Å²) < 4.78 is 33.6. The number of carbonyl (C=O) groups excluding carboxylic acids is 5. The average molecular weight is 937 g/mol. The molecule has 3 aliphatic rings. The van der Waals surface area contributed by atoms with Gasteiger partial charge >= 0.3 is 29.8 Å². The molecule has 26 heteroatoms. The Hall–Kier alpha value is -9.59. The van der Waals surface area contributed by atoms with Crippen molar-refractivity contribution in [3.63, 3.8) is 0 Å². The number of esters is 5. The van der Waals surface area contributed by atoms with Crippen molar-refractivity contribution in [2.45, 2.75) is 30.7 Å². The minimum Gasteiger partial charge on any atom is -0.504 e. The fourth-order valence-electron chi connectivity index (χ4n) is 7.44. The van der Waals surface area contributed by atoms with Crippen LogP contribution < -0.4 is 0 Å². The Labute approximate surface area is 368 Å². The number of fused-ring (bicyclic) bond motifs is 8. The van der Waals surface area contributed by atoms with Crippen LogP contribution in [0.4, 0.5) is 0 Å². The monoisotopic (exact) mass is 936 g/mol. The molecule has 348 valence electrons. The van der Waals surface area contributed by atoms with Gasteiger partial charge in [-0.05, 0) is 36.4 Å². The number of carbonyl (C=O) groups is 5. The molecule has 0 aliphatic carbocycles. The summed E-state index contributed by atoms with van der Waals surface area (Å²) in [6, 6.07) is 3.10. The fourth-order valence-corrected chi connectivity index (χ4v) is 7.44. The molecule has 8 rings (SSSR count). The van der Waals surface area contributed by atoms with Gasteiger partial charge in [0.25, 0.3) is 0 Å². The topological polar surface area (TPSA) is 444 Å². The first kappa shape index (κ1) is 44.0. The molecule has 0 radical (unpaired) electrons. The third kappa shape index (κ3) is 6.83. The Balaban J connectivity index is 1.37. The van der Waals surface area contributed by atoms with Crippen molar-refractivity contribution in [3.8, 4) is 108 Å². The molecular formula is C41H28O26. The number of hydrogen-bond acceptors (Lipinski definition) is 26. The summed E-state index contributed by atoms with van der Waals surface area (Å²) in [5, 5.41) is 159. The van der Waals surface area contributed by atoms with E-state index in [9.17, 15) is 101 Å². The van der Waals surface area contributed by atoms with Gasteiger partial charge in [0.2, 0.25) is 41.1 Å². The van der Waals surface area contributed by atoms with E-state index in [1.165, 1.54) is 0 Å². The van der Waals surface area contributed by atoms with E-state index >= 15 is 0 Å². The fraction of sp³-hybridized carbons (Fsp3) is 0.146. The normalized spacial score (nSPS) is 20.0. The number of hydrogen-bond donors (Lipinski definition) is 15. The molecular weight excluding hydrogens is 908 g/mol. The standard InChI is InChI=1S/C41H28O26/c42-13-2-1-8(23(47)24(13)48)37(58)65-34-33-18(7-62-36(57)9-3-14(43)25(49)29(53)19(9)20-10(38(59)64-33)4-15(44)26(50)30(20)54)63-41-35(34)66-39(60)11-5-16(45)27(51)31(55)21(11)22-12(40(61)67-41)6-17(46)28(52)32(22)56/h1-6,18,33-35,41-56H,7H2. The Morgan fingerprint density at radius 3 is 1.25 bits per heavy atom. The van der Waals surface area contributed by atoms with Gasteiger partial charge in [-0.3, -0.25) is 0 Å². The van der Waals surface area contributed by atoms with E-state index in [1.54, 1.807) is 0 Å². The highest BCUT2D eigenvalue weighted by Crippen LogP contribution is 2.55. The van der Waals surface area contributed by atoms with E-state index in [1.807, 2.05) is 0 Å². The molecule has 0 saturated carbocycles. The maximum absolute atomic E-state index is 14.4. The molecule has 0 aromatic heterocycles. The quantitative estimate of drug-likeness (QED) is 0.0679. The molecule has 0 bridgehead atoms. The van der Waals surface area contributed by atoms with Gasteiger partial charge in [-0.2, -0.15) is 0 Å². The van der Waals surface area contributed by atoms with Crippen LogP contribution in [0.1, 0.15) is 51.8 Å². The van der Waals surface area contributed by atoms with Crippen LogP contribution >= 0.6 is 0 Å². The number of aromatic hydroxyl groups is 15. The third-order valence-electron chi connectivity index (χ3n) is 10.7. The van der Waals surface area contributed by atoms with E-state index in [0.717, 1.165) is 0 Å². The van der Waals surface area contributed by atoms with Crippen LogP contribution in [0.15, 0.2) is 36.4 Å². The zero-order valence-electron chi connectivity index (χ0n) is 32.8. The average Bonchev–Trinajstić information content (AvgIpc) is 3.29. The zero-order chi connectivity index (χ0) is 48.8. The largest absolute Gasteiger partial charge is 0.504 e. The molecule has 0 amide bonds. The second kappa shape index (κ2) is 15.6. The summed E-state index contributed by atoms with van der Waals surface area (Å²) in [4.78, 5) is 70.7. The highest BCUT2D eigenvalue weighted by atomic mass is 16.7. The molecule has 15 N–H and O–H groups in total. The van der Waals surface area contributed by atoms with Gasteiger partial charge in [-0.25, -0.2) is 24.0 Å². The summed E-state index contributed by atoms with van der Waals surface area (Å²) in [5.74, 6) is -28.6. The van der Waals surface area contributed by atoms with Crippen molar-refractivity contribution in [1.29, 1.82) is 0 Å². The smallest absolute Gasteiger partial charge is 0.342 e. The Morgan fingerprint density at radius 2 is 0.821 bits per heavy atom. The summed E-state index contributed by atoms with van der Waals surface area (Å²) >= 11 is 0. The van der Waals surface area contributed by atoms with Crippen LogP contribution in [0.3, 0.4) is 0 Å². The summed E-state index contributed by atoms with van der Waals surface area (Å²) in [6.45, 7) is -1.26. The van der Waals surface area contributed by atoms with Gasteiger partial charge in [-0.1, -0.05) is 0 Å². The lowest BCUT2D eigenvalue weighted by Gasteiger charge is -2.44. The van der Waals surface area contributed by atoms with E-state index < -0.39 is 203 Å². The molecule has 3 aliphatic heterocycles. The molecule has 67 heavy (non-hydrogen) atoms. The van der Waals surface area contributed by atoms with Crippen molar-refractivity contribution in [3.05, 3.63) is 64.2 Å². The first-order valence-corrected chi connectivity index (χ1v) is 18.6. The number of ether oxygens (including phenoxy) is 6. The number of phenols is 15. The number of rotatable bonds is 2. The highest BCUT2D eigenvalue weighted by Gasteiger charge is 2.56. The predicted octanol–water partition coefficient (Wildman–Crippen LogP) is 1.65. The molecule has 5 unspecified atom stereocenters. The summed E-state index contributed by atoms with van der Waals surface area (Å²) in [5.41, 5.74) is -9.48. The van der Waals surface area contributed by atoms with Crippen LogP contribution in [0.25, 0.3) is 22.3 Å². The molecule has 0 spiro atoms. The number of benzene rings is 5. The van der Waals surface area contributed by atoms with Crippen molar-refractivity contribution >= 4 is 29.8 Å². The summed E-state index contributed by atoms with van der Waals surface area (Å²) in [7, 11) is 0. The van der Waals surface area contributed by atoms with Crippen LogP contribution in [-0.4, -0.2) is 144 Å². The van der Waals surface area contributed by atoms with E-state index in [-0.39, 0.29) is 0 Å².